The molecule has 1 amide bonds. The average Bonchev–Trinajstić information content (AvgIpc) is 2.66. The fourth-order valence-electron chi connectivity index (χ4n) is 2.46. The SMILES string of the molecule is CCOc1ccccc1CS(=O)(=O)NCC(=O)NCc1ccccc1OC. The Hall–Kier alpha value is -2.58. The maximum Gasteiger partial charge on any atom is 0.235 e. The Morgan fingerprint density at radius 2 is 1.63 bits per heavy atom. The van der Waals surface area contributed by atoms with Crippen LogP contribution in [0.5, 0.6) is 11.5 Å². The molecule has 0 unspecified atom stereocenters. The molecule has 27 heavy (non-hydrogen) atoms. The van der Waals surface area contributed by atoms with Crippen molar-refractivity contribution in [2.24, 2.45) is 0 Å². The molecule has 8 heteroatoms. The van der Waals surface area contributed by atoms with E-state index in [4.69, 9.17) is 9.47 Å². The molecule has 0 saturated heterocycles. The van der Waals surface area contributed by atoms with Crippen LogP contribution in [0.15, 0.2) is 48.5 Å². The second-order valence-electron chi connectivity index (χ2n) is 5.71. The highest BCUT2D eigenvalue weighted by Gasteiger charge is 2.16. The number of carbonyl (C=O) groups excluding carboxylic acids is 1. The third kappa shape index (κ3) is 6.58. The Kier molecular flexibility index (Phi) is 7.63. The molecule has 0 bridgehead atoms. The van der Waals surface area contributed by atoms with Crippen LogP contribution in [0, 0.1) is 0 Å². The summed E-state index contributed by atoms with van der Waals surface area (Å²) in [6.07, 6.45) is 0. The minimum Gasteiger partial charge on any atom is -0.496 e. The lowest BCUT2D eigenvalue weighted by molar-refractivity contribution is -0.120. The van der Waals surface area contributed by atoms with Crippen LogP contribution in [0.25, 0.3) is 0 Å². The van der Waals surface area contributed by atoms with Crippen molar-refractivity contribution in [1.29, 1.82) is 0 Å². The number of para-hydroxylation sites is 2. The number of sulfonamides is 1. The van der Waals surface area contributed by atoms with Crippen molar-refractivity contribution in [2.45, 2.75) is 19.2 Å². The molecule has 0 aliphatic heterocycles. The zero-order valence-electron chi connectivity index (χ0n) is 15.4. The first kappa shape index (κ1) is 20.7. The number of carbonyl (C=O) groups is 1. The quantitative estimate of drug-likeness (QED) is 0.643. The topological polar surface area (TPSA) is 93.7 Å². The number of benzene rings is 2. The summed E-state index contributed by atoms with van der Waals surface area (Å²) in [7, 11) is -2.13. The van der Waals surface area contributed by atoms with Gasteiger partial charge in [-0.1, -0.05) is 36.4 Å². The average molecular weight is 392 g/mol. The monoisotopic (exact) mass is 392 g/mol. The van der Waals surface area contributed by atoms with Gasteiger partial charge in [0, 0.05) is 17.7 Å². The zero-order chi connectivity index (χ0) is 19.7. The molecule has 0 spiro atoms. The molecule has 0 heterocycles. The Morgan fingerprint density at radius 3 is 2.30 bits per heavy atom. The molecule has 2 aromatic rings. The van der Waals surface area contributed by atoms with Crippen molar-refractivity contribution in [3.8, 4) is 11.5 Å². The van der Waals surface area contributed by atoms with E-state index in [1.165, 1.54) is 0 Å². The van der Waals surface area contributed by atoms with Crippen LogP contribution in [-0.4, -0.2) is 34.6 Å². The van der Waals surface area contributed by atoms with E-state index in [0.717, 1.165) is 5.56 Å². The fourth-order valence-corrected chi connectivity index (χ4v) is 3.56. The molecule has 2 N–H and O–H groups in total. The number of nitrogens with one attached hydrogen (secondary N) is 2. The minimum atomic E-state index is -3.68. The first-order chi connectivity index (χ1) is 12.9. The Labute approximate surface area is 159 Å². The maximum atomic E-state index is 12.3. The highest BCUT2D eigenvalue weighted by molar-refractivity contribution is 7.88. The third-order valence-electron chi connectivity index (χ3n) is 3.74. The molecular weight excluding hydrogens is 368 g/mol. The molecule has 0 aliphatic rings. The van der Waals surface area contributed by atoms with Crippen LogP contribution < -0.4 is 19.5 Å². The van der Waals surface area contributed by atoms with Crippen molar-refractivity contribution in [1.82, 2.24) is 10.0 Å². The molecule has 2 rings (SSSR count). The van der Waals surface area contributed by atoms with Crippen molar-refractivity contribution >= 4 is 15.9 Å². The van der Waals surface area contributed by atoms with E-state index in [-0.39, 0.29) is 18.8 Å². The van der Waals surface area contributed by atoms with Gasteiger partial charge in [-0.25, -0.2) is 13.1 Å². The van der Waals surface area contributed by atoms with Gasteiger partial charge in [0.25, 0.3) is 0 Å². The van der Waals surface area contributed by atoms with Gasteiger partial charge in [-0.15, -0.1) is 0 Å². The van der Waals surface area contributed by atoms with Gasteiger partial charge in [-0.2, -0.15) is 0 Å². The van der Waals surface area contributed by atoms with E-state index in [2.05, 4.69) is 10.0 Å². The molecule has 0 fully saturated rings. The van der Waals surface area contributed by atoms with Crippen molar-refractivity contribution in [3.05, 3.63) is 59.7 Å². The predicted molar refractivity (Wildman–Crippen MR) is 103 cm³/mol. The lowest BCUT2D eigenvalue weighted by Gasteiger charge is -2.12. The van der Waals surface area contributed by atoms with E-state index < -0.39 is 15.9 Å². The van der Waals surface area contributed by atoms with Crippen LogP contribution in [0.1, 0.15) is 18.1 Å². The van der Waals surface area contributed by atoms with Gasteiger partial charge in [0.1, 0.15) is 11.5 Å². The summed E-state index contributed by atoms with van der Waals surface area (Å²) in [5.41, 5.74) is 1.35. The van der Waals surface area contributed by atoms with Crippen molar-refractivity contribution in [2.75, 3.05) is 20.3 Å². The van der Waals surface area contributed by atoms with E-state index in [1.807, 2.05) is 25.1 Å². The molecule has 146 valence electrons. The first-order valence-electron chi connectivity index (χ1n) is 8.52. The fraction of sp³-hybridized carbons (Fsp3) is 0.316. The number of amides is 1. The number of methoxy groups -OCH3 is 1. The standard InChI is InChI=1S/C19H24N2O5S/c1-3-26-18-11-7-5-9-16(18)14-27(23,24)21-13-19(22)20-12-15-8-4-6-10-17(15)25-2/h4-11,21H,3,12-14H2,1-2H3,(H,20,22). The van der Waals surface area contributed by atoms with Crippen LogP contribution in [-0.2, 0) is 27.1 Å². The molecular formula is C19H24N2O5S. The summed E-state index contributed by atoms with van der Waals surface area (Å²) in [6, 6.07) is 14.2. The molecule has 0 aromatic heterocycles. The Balaban J connectivity index is 1.88. The van der Waals surface area contributed by atoms with Gasteiger partial charge < -0.3 is 14.8 Å². The Morgan fingerprint density at radius 1 is 1.00 bits per heavy atom. The smallest absolute Gasteiger partial charge is 0.235 e. The van der Waals surface area contributed by atoms with Gasteiger partial charge >= 0.3 is 0 Å². The largest absolute Gasteiger partial charge is 0.496 e. The number of ether oxygens (including phenoxy) is 2. The van der Waals surface area contributed by atoms with E-state index in [1.54, 1.807) is 37.4 Å². The van der Waals surface area contributed by atoms with E-state index >= 15 is 0 Å². The van der Waals surface area contributed by atoms with Gasteiger partial charge in [-0.3, -0.25) is 4.79 Å². The van der Waals surface area contributed by atoms with Crippen LogP contribution in [0.2, 0.25) is 0 Å². The summed E-state index contributed by atoms with van der Waals surface area (Å²) in [5, 5.41) is 2.67. The zero-order valence-corrected chi connectivity index (χ0v) is 16.2. The summed E-state index contributed by atoms with van der Waals surface area (Å²) in [4.78, 5) is 12.0. The van der Waals surface area contributed by atoms with Gasteiger partial charge in [-0.05, 0) is 19.1 Å². The van der Waals surface area contributed by atoms with Crippen LogP contribution in [0.3, 0.4) is 0 Å². The third-order valence-corrected chi connectivity index (χ3v) is 5.01. The van der Waals surface area contributed by atoms with Crippen LogP contribution in [0.4, 0.5) is 0 Å². The van der Waals surface area contributed by atoms with Gasteiger partial charge in [0.05, 0.1) is 26.0 Å². The molecule has 0 atom stereocenters. The summed E-state index contributed by atoms with van der Waals surface area (Å²) < 4.78 is 37.5. The molecule has 0 radical (unpaired) electrons. The molecule has 2 aromatic carbocycles. The van der Waals surface area contributed by atoms with E-state index in [0.29, 0.717) is 23.7 Å². The second kappa shape index (κ2) is 9.94. The molecule has 7 nitrogen and oxygen atoms in total. The maximum absolute atomic E-state index is 12.3. The second-order valence-corrected chi connectivity index (χ2v) is 7.52. The minimum absolute atomic E-state index is 0.248. The predicted octanol–water partition coefficient (Wildman–Crippen LogP) is 1.83. The Bertz CT molecular complexity index is 868. The van der Waals surface area contributed by atoms with Gasteiger partial charge in [0.2, 0.25) is 15.9 Å². The summed E-state index contributed by atoms with van der Waals surface area (Å²) in [6.45, 7) is 2.18. The summed E-state index contributed by atoms with van der Waals surface area (Å²) in [5.74, 6) is 0.489. The van der Waals surface area contributed by atoms with E-state index in [9.17, 15) is 13.2 Å². The molecule has 0 saturated carbocycles. The first-order valence-corrected chi connectivity index (χ1v) is 10.2. The van der Waals surface area contributed by atoms with Gasteiger partial charge in [0.15, 0.2) is 0 Å². The number of rotatable bonds is 10. The highest BCUT2D eigenvalue weighted by atomic mass is 32.2. The molecule has 0 aliphatic carbocycles. The number of hydrogen-bond acceptors (Lipinski definition) is 5. The van der Waals surface area contributed by atoms with Crippen molar-refractivity contribution in [3.63, 3.8) is 0 Å². The normalized spacial score (nSPS) is 11.0. The lowest BCUT2D eigenvalue weighted by Crippen LogP contribution is -2.37. The summed E-state index contributed by atoms with van der Waals surface area (Å²) >= 11 is 0. The number of hydrogen-bond donors (Lipinski definition) is 2. The van der Waals surface area contributed by atoms with Crippen molar-refractivity contribution < 1.29 is 22.7 Å². The highest BCUT2D eigenvalue weighted by Crippen LogP contribution is 2.20. The van der Waals surface area contributed by atoms with Crippen LogP contribution >= 0.6 is 0 Å². The lowest BCUT2D eigenvalue weighted by atomic mass is 10.2.